The molecule has 1 aliphatic heterocycles. The number of amides is 2. The number of alkyl halides is 3. The van der Waals surface area contributed by atoms with E-state index in [1.807, 2.05) is 0 Å². The molecule has 8 heteroatoms. The van der Waals surface area contributed by atoms with E-state index in [1.165, 1.54) is 12.1 Å². The van der Waals surface area contributed by atoms with Crippen LogP contribution < -0.4 is 15.5 Å². The summed E-state index contributed by atoms with van der Waals surface area (Å²) in [6, 6.07) is 4.02. The summed E-state index contributed by atoms with van der Waals surface area (Å²) in [5, 5.41) is 5.64. The van der Waals surface area contributed by atoms with Crippen molar-refractivity contribution >= 4 is 23.2 Å². The highest BCUT2D eigenvalue weighted by atomic mass is 19.4. The fourth-order valence-corrected chi connectivity index (χ4v) is 4.17. The van der Waals surface area contributed by atoms with Gasteiger partial charge in [-0.15, -0.1) is 0 Å². The van der Waals surface area contributed by atoms with E-state index in [0.29, 0.717) is 11.8 Å². The molecule has 0 bridgehead atoms. The molecule has 0 radical (unpaired) electrons. The fourth-order valence-electron chi connectivity index (χ4n) is 4.17. The van der Waals surface area contributed by atoms with E-state index in [4.69, 9.17) is 0 Å². The molecule has 28 heavy (non-hydrogen) atoms. The molecule has 1 heterocycles. The predicted octanol–water partition coefficient (Wildman–Crippen LogP) is 3.71. The second-order valence-electron chi connectivity index (χ2n) is 7.85. The zero-order valence-electron chi connectivity index (χ0n) is 16.1. The first-order chi connectivity index (χ1) is 13.2. The highest BCUT2D eigenvalue weighted by Gasteiger charge is 2.49. The van der Waals surface area contributed by atoms with Gasteiger partial charge in [-0.1, -0.05) is 38.8 Å². The number of benzene rings is 1. The van der Waals surface area contributed by atoms with E-state index in [1.54, 1.807) is 12.1 Å². The van der Waals surface area contributed by atoms with E-state index < -0.39 is 30.5 Å². The molecule has 2 amide bonds. The lowest BCUT2D eigenvalue weighted by Crippen LogP contribution is -2.53. The molecule has 1 saturated carbocycles. The fraction of sp³-hybridized carbons (Fsp3) is 0.600. The van der Waals surface area contributed by atoms with Crippen molar-refractivity contribution in [3.8, 4) is 0 Å². The maximum Gasteiger partial charge on any atom is 0.409 e. The second-order valence-corrected chi connectivity index (χ2v) is 7.85. The normalized spacial score (nSPS) is 28.3. The minimum absolute atomic E-state index is 0.0764. The Hall–Kier alpha value is -2.09. The van der Waals surface area contributed by atoms with Gasteiger partial charge in [-0.2, -0.15) is 13.2 Å². The molecule has 154 valence electrons. The molecule has 4 atom stereocenters. The Kier molecular flexibility index (Phi) is 5.98. The van der Waals surface area contributed by atoms with Crippen LogP contribution in [0, 0.1) is 11.8 Å². The third kappa shape index (κ3) is 4.32. The van der Waals surface area contributed by atoms with Gasteiger partial charge in [0, 0.05) is 6.04 Å². The lowest BCUT2D eigenvalue weighted by Gasteiger charge is -2.36. The molecule has 0 aromatic heterocycles. The SMILES string of the molecule is CC1CCCC(NCC(=O)N2c3ccccc3NC(=O)CC2C(F)(F)F)C1C. The molecule has 4 unspecified atom stereocenters. The first-order valence-corrected chi connectivity index (χ1v) is 9.69. The number of rotatable bonds is 3. The lowest BCUT2D eigenvalue weighted by atomic mass is 9.78. The summed E-state index contributed by atoms with van der Waals surface area (Å²) in [6.07, 6.45) is -2.47. The highest BCUT2D eigenvalue weighted by molar-refractivity contribution is 6.05. The van der Waals surface area contributed by atoms with Gasteiger partial charge in [0.25, 0.3) is 0 Å². The van der Waals surface area contributed by atoms with Crippen molar-refractivity contribution in [2.75, 3.05) is 16.8 Å². The summed E-state index contributed by atoms with van der Waals surface area (Å²) in [5.74, 6) is -0.589. The molecule has 2 N–H and O–H groups in total. The number of nitrogens with zero attached hydrogens (tertiary/aromatic N) is 1. The average Bonchev–Trinajstić information content (AvgIpc) is 2.78. The van der Waals surface area contributed by atoms with Crippen LogP contribution in [0.4, 0.5) is 24.5 Å². The summed E-state index contributed by atoms with van der Waals surface area (Å²) >= 11 is 0. The zero-order chi connectivity index (χ0) is 20.5. The Labute approximate surface area is 162 Å². The number of halogens is 3. The quantitative estimate of drug-likeness (QED) is 0.818. The summed E-state index contributed by atoms with van der Waals surface area (Å²) in [5.41, 5.74) is 0.291. The largest absolute Gasteiger partial charge is 0.409 e. The minimum atomic E-state index is -4.71. The van der Waals surface area contributed by atoms with Gasteiger partial charge in [-0.3, -0.25) is 14.5 Å². The van der Waals surface area contributed by atoms with Crippen molar-refractivity contribution in [3.63, 3.8) is 0 Å². The first-order valence-electron chi connectivity index (χ1n) is 9.69. The summed E-state index contributed by atoms with van der Waals surface area (Å²) in [7, 11) is 0. The molecular formula is C20H26F3N3O2. The number of nitrogens with one attached hydrogen (secondary N) is 2. The smallest absolute Gasteiger partial charge is 0.324 e. The van der Waals surface area contributed by atoms with Gasteiger partial charge in [0.1, 0.15) is 6.04 Å². The van der Waals surface area contributed by atoms with E-state index in [0.717, 1.165) is 24.2 Å². The first kappa shape index (κ1) is 20.6. The number of anilines is 2. The Bertz CT molecular complexity index is 738. The van der Waals surface area contributed by atoms with E-state index in [2.05, 4.69) is 24.5 Å². The summed E-state index contributed by atoms with van der Waals surface area (Å²) in [4.78, 5) is 25.7. The zero-order valence-corrected chi connectivity index (χ0v) is 16.1. The third-order valence-electron chi connectivity index (χ3n) is 6.00. The topological polar surface area (TPSA) is 61.4 Å². The van der Waals surface area contributed by atoms with Gasteiger partial charge in [0.2, 0.25) is 11.8 Å². The number of fused-ring (bicyclic) bond motifs is 1. The number of carbonyl (C=O) groups excluding carboxylic acids is 2. The molecule has 5 nitrogen and oxygen atoms in total. The number of carbonyl (C=O) groups is 2. The van der Waals surface area contributed by atoms with Crippen LogP contribution in [0.5, 0.6) is 0 Å². The molecule has 3 rings (SSSR count). The molecular weight excluding hydrogens is 371 g/mol. The van der Waals surface area contributed by atoms with Crippen molar-refractivity contribution in [1.82, 2.24) is 5.32 Å². The van der Waals surface area contributed by atoms with Crippen molar-refractivity contribution in [1.29, 1.82) is 0 Å². The molecule has 1 aliphatic carbocycles. The van der Waals surface area contributed by atoms with E-state index in [9.17, 15) is 22.8 Å². The van der Waals surface area contributed by atoms with Crippen molar-refractivity contribution in [2.45, 2.75) is 57.8 Å². The van der Waals surface area contributed by atoms with Crippen LogP contribution in [0.3, 0.4) is 0 Å². The third-order valence-corrected chi connectivity index (χ3v) is 6.00. The Morgan fingerprint density at radius 3 is 2.68 bits per heavy atom. The molecule has 0 spiro atoms. The number of hydrogen-bond donors (Lipinski definition) is 2. The van der Waals surface area contributed by atoms with Gasteiger partial charge in [0.05, 0.1) is 24.3 Å². The van der Waals surface area contributed by atoms with Crippen LogP contribution in [0.1, 0.15) is 39.5 Å². The predicted molar refractivity (Wildman–Crippen MR) is 101 cm³/mol. The summed E-state index contributed by atoms with van der Waals surface area (Å²) < 4.78 is 41.1. The monoisotopic (exact) mass is 397 g/mol. The maximum atomic E-state index is 13.7. The van der Waals surface area contributed by atoms with Crippen molar-refractivity contribution in [3.05, 3.63) is 24.3 Å². The van der Waals surface area contributed by atoms with Gasteiger partial charge < -0.3 is 10.6 Å². The lowest BCUT2D eigenvalue weighted by molar-refractivity contribution is -0.157. The van der Waals surface area contributed by atoms with Gasteiger partial charge in [-0.25, -0.2) is 0 Å². The Morgan fingerprint density at radius 1 is 1.25 bits per heavy atom. The van der Waals surface area contributed by atoms with Crippen molar-refractivity contribution < 1.29 is 22.8 Å². The van der Waals surface area contributed by atoms with Crippen LogP contribution in [-0.2, 0) is 9.59 Å². The van der Waals surface area contributed by atoms with Crippen LogP contribution in [0.25, 0.3) is 0 Å². The van der Waals surface area contributed by atoms with E-state index in [-0.39, 0.29) is 24.0 Å². The average molecular weight is 397 g/mol. The number of hydrogen-bond acceptors (Lipinski definition) is 3. The summed E-state index contributed by atoms with van der Waals surface area (Å²) in [6.45, 7) is 4.06. The maximum absolute atomic E-state index is 13.7. The van der Waals surface area contributed by atoms with Crippen LogP contribution in [-0.4, -0.2) is 36.6 Å². The van der Waals surface area contributed by atoms with Crippen LogP contribution >= 0.6 is 0 Å². The van der Waals surface area contributed by atoms with Gasteiger partial charge in [-0.05, 0) is 30.4 Å². The Morgan fingerprint density at radius 2 is 1.96 bits per heavy atom. The van der Waals surface area contributed by atoms with Gasteiger partial charge in [0.15, 0.2) is 0 Å². The molecule has 0 saturated heterocycles. The Balaban J connectivity index is 1.85. The highest BCUT2D eigenvalue weighted by Crippen LogP contribution is 2.37. The van der Waals surface area contributed by atoms with Crippen LogP contribution in [0.15, 0.2) is 24.3 Å². The van der Waals surface area contributed by atoms with E-state index >= 15 is 0 Å². The van der Waals surface area contributed by atoms with Crippen LogP contribution in [0.2, 0.25) is 0 Å². The van der Waals surface area contributed by atoms with Gasteiger partial charge >= 0.3 is 6.18 Å². The second kappa shape index (κ2) is 8.11. The number of para-hydroxylation sites is 2. The minimum Gasteiger partial charge on any atom is -0.324 e. The molecule has 1 fully saturated rings. The standard InChI is InChI=1S/C20H26F3N3O2/c1-12-6-5-8-14(13(12)2)24-11-19(28)26-16-9-4-3-7-15(16)25-18(27)10-17(26)20(21,22)23/h3-4,7,9,12-14,17,24H,5-6,8,10-11H2,1-2H3,(H,25,27). The molecule has 2 aliphatic rings. The molecule has 1 aromatic rings. The molecule has 1 aromatic carbocycles. The van der Waals surface area contributed by atoms with Crippen molar-refractivity contribution in [2.24, 2.45) is 11.8 Å².